The first-order chi connectivity index (χ1) is 11.1. The third-order valence-corrected chi connectivity index (χ3v) is 4.12. The highest BCUT2D eigenvalue weighted by atomic mass is 16.3. The Kier molecular flexibility index (Phi) is 4.46. The van der Waals surface area contributed by atoms with E-state index >= 15 is 0 Å². The van der Waals surface area contributed by atoms with Crippen LogP contribution in [0.3, 0.4) is 0 Å². The van der Waals surface area contributed by atoms with Gasteiger partial charge in [-0.15, -0.1) is 0 Å². The van der Waals surface area contributed by atoms with Crippen molar-refractivity contribution in [3.63, 3.8) is 0 Å². The molecule has 0 unspecified atom stereocenters. The van der Waals surface area contributed by atoms with E-state index < -0.39 is 6.04 Å². The molecule has 1 aromatic heterocycles. The van der Waals surface area contributed by atoms with E-state index in [4.69, 9.17) is 4.42 Å². The van der Waals surface area contributed by atoms with Crippen LogP contribution in [-0.4, -0.2) is 17.9 Å². The number of furan rings is 1. The van der Waals surface area contributed by atoms with Gasteiger partial charge < -0.3 is 15.1 Å². The average Bonchev–Trinajstić information content (AvgIpc) is 3.22. The molecule has 2 aromatic rings. The third-order valence-electron chi connectivity index (χ3n) is 4.12. The second-order valence-corrected chi connectivity index (χ2v) is 5.83. The minimum atomic E-state index is -0.606. The third kappa shape index (κ3) is 3.62. The van der Waals surface area contributed by atoms with E-state index in [2.05, 4.69) is 10.6 Å². The van der Waals surface area contributed by atoms with E-state index in [0.29, 0.717) is 17.9 Å². The molecule has 1 heterocycles. The number of benzene rings is 1. The summed E-state index contributed by atoms with van der Waals surface area (Å²) < 4.78 is 5.15. The summed E-state index contributed by atoms with van der Waals surface area (Å²) in [6.45, 7) is 1.98. The highest BCUT2D eigenvalue weighted by Crippen LogP contribution is 2.22. The number of aryl methyl sites for hydroxylation is 2. The number of hydrogen-bond donors (Lipinski definition) is 2. The van der Waals surface area contributed by atoms with Crippen LogP contribution < -0.4 is 10.6 Å². The van der Waals surface area contributed by atoms with E-state index in [1.807, 2.05) is 18.2 Å². The monoisotopic (exact) mass is 312 g/mol. The Balaban J connectivity index is 1.55. The molecule has 5 nitrogen and oxygen atoms in total. The van der Waals surface area contributed by atoms with Crippen molar-refractivity contribution in [3.8, 4) is 0 Å². The van der Waals surface area contributed by atoms with Crippen LogP contribution in [0.5, 0.6) is 0 Å². The number of hydrogen-bond acceptors (Lipinski definition) is 3. The Morgan fingerprint density at radius 3 is 2.83 bits per heavy atom. The molecule has 120 valence electrons. The van der Waals surface area contributed by atoms with Gasteiger partial charge in [-0.05, 0) is 61.6 Å². The zero-order valence-corrected chi connectivity index (χ0v) is 13.1. The maximum atomic E-state index is 12.3. The average molecular weight is 312 g/mol. The molecule has 1 atom stereocenters. The summed E-state index contributed by atoms with van der Waals surface area (Å²) in [4.78, 5) is 24.3. The SMILES string of the molecule is C[C@H](NC(=O)c1ccc2c(c1)CCC2)C(=O)NCc1ccco1. The predicted octanol–water partition coefficient (Wildman–Crippen LogP) is 2.20. The number of rotatable bonds is 5. The molecule has 23 heavy (non-hydrogen) atoms. The van der Waals surface area contributed by atoms with Crippen LogP contribution in [0.25, 0.3) is 0 Å². The lowest BCUT2D eigenvalue weighted by Gasteiger charge is -2.14. The molecule has 5 heteroatoms. The molecule has 0 fully saturated rings. The van der Waals surface area contributed by atoms with E-state index in [0.717, 1.165) is 19.3 Å². The quantitative estimate of drug-likeness (QED) is 0.889. The Bertz CT molecular complexity index is 707. The zero-order valence-electron chi connectivity index (χ0n) is 13.1. The molecule has 0 aliphatic heterocycles. The van der Waals surface area contributed by atoms with E-state index in [1.165, 1.54) is 11.1 Å². The molecule has 0 radical (unpaired) electrons. The van der Waals surface area contributed by atoms with Crippen molar-refractivity contribution in [2.75, 3.05) is 0 Å². The summed E-state index contributed by atoms with van der Waals surface area (Å²) in [6.07, 6.45) is 4.81. The number of carbonyl (C=O) groups is 2. The fourth-order valence-electron chi connectivity index (χ4n) is 2.80. The molecule has 2 N–H and O–H groups in total. The van der Waals surface area contributed by atoms with Crippen molar-refractivity contribution < 1.29 is 14.0 Å². The normalized spacial score (nSPS) is 14.1. The Morgan fingerprint density at radius 2 is 2.04 bits per heavy atom. The molecule has 3 rings (SSSR count). The summed E-state index contributed by atoms with van der Waals surface area (Å²) in [5.74, 6) is 0.215. The largest absolute Gasteiger partial charge is 0.467 e. The van der Waals surface area contributed by atoms with E-state index in [9.17, 15) is 9.59 Å². The lowest BCUT2D eigenvalue weighted by molar-refractivity contribution is -0.122. The second kappa shape index (κ2) is 6.69. The summed E-state index contributed by atoms with van der Waals surface area (Å²) in [7, 11) is 0. The van der Waals surface area contributed by atoms with Crippen LogP contribution in [0.1, 0.15) is 40.6 Å². The van der Waals surface area contributed by atoms with Crippen LogP contribution in [0, 0.1) is 0 Å². The lowest BCUT2D eigenvalue weighted by atomic mass is 10.1. The summed E-state index contributed by atoms with van der Waals surface area (Å²) >= 11 is 0. The molecule has 0 bridgehead atoms. The predicted molar refractivity (Wildman–Crippen MR) is 85.9 cm³/mol. The van der Waals surface area contributed by atoms with Crippen LogP contribution in [-0.2, 0) is 24.2 Å². The highest BCUT2D eigenvalue weighted by molar-refractivity contribution is 5.97. The molecule has 1 aliphatic carbocycles. The van der Waals surface area contributed by atoms with Gasteiger partial charge in [0.15, 0.2) is 0 Å². The molecular formula is C18H20N2O3. The van der Waals surface area contributed by atoms with Gasteiger partial charge in [-0.1, -0.05) is 6.07 Å². The van der Waals surface area contributed by atoms with Gasteiger partial charge >= 0.3 is 0 Å². The fourth-order valence-corrected chi connectivity index (χ4v) is 2.80. The molecule has 0 saturated heterocycles. The number of nitrogens with one attached hydrogen (secondary N) is 2. The minimum absolute atomic E-state index is 0.222. The first-order valence-electron chi connectivity index (χ1n) is 7.86. The topological polar surface area (TPSA) is 71.3 Å². The van der Waals surface area contributed by atoms with Gasteiger partial charge in [-0.2, -0.15) is 0 Å². The molecule has 1 aliphatic rings. The Hall–Kier alpha value is -2.56. The Labute approximate surface area is 135 Å². The van der Waals surface area contributed by atoms with Crippen molar-refractivity contribution in [3.05, 3.63) is 59.0 Å². The number of fused-ring (bicyclic) bond motifs is 1. The smallest absolute Gasteiger partial charge is 0.251 e. The van der Waals surface area contributed by atoms with Gasteiger partial charge in [0.2, 0.25) is 5.91 Å². The van der Waals surface area contributed by atoms with Crippen LogP contribution in [0.2, 0.25) is 0 Å². The van der Waals surface area contributed by atoms with E-state index in [-0.39, 0.29) is 11.8 Å². The maximum Gasteiger partial charge on any atom is 0.251 e. The van der Waals surface area contributed by atoms with Crippen LogP contribution >= 0.6 is 0 Å². The van der Waals surface area contributed by atoms with Gasteiger partial charge in [-0.25, -0.2) is 0 Å². The van der Waals surface area contributed by atoms with Crippen molar-refractivity contribution in [2.45, 2.75) is 38.8 Å². The Morgan fingerprint density at radius 1 is 1.22 bits per heavy atom. The second-order valence-electron chi connectivity index (χ2n) is 5.83. The highest BCUT2D eigenvalue weighted by Gasteiger charge is 2.18. The molecular weight excluding hydrogens is 292 g/mol. The van der Waals surface area contributed by atoms with Gasteiger partial charge in [0, 0.05) is 5.56 Å². The number of carbonyl (C=O) groups excluding carboxylic acids is 2. The summed E-state index contributed by atoms with van der Waals surface area (Å²) in [5.41, 5.74) is 3.18. The first kappa shape index (κ1) is 15.3. The van der Waals surface area contributed by atoms with Gasteiger partial charge in [0.25, 0.3) is 5.91 Å². The van der Waals surface area contributed by atoms with Gasteiger partial charge in [0.1, 0.15) is 11.8 Å². The lowest BCUT2D eigenvalue weighted by Crippen LogP contribution is -2.44. The summed E-state index contributed by atoms with van der Waals surface area (Å²) in [6, 6.07) is 8.72. The van der Waals surface area contributed by atoms with Gasteiger partial charge in [-0.3, -0.25) is 9.59 Å². The van der Waals surface area contributed by atoms with Crippen molar-refractivity contribution in [1.82, 2.24) is 10.6 Å². The summed E-state index contributed by atoms with van der Waals surface area (Å²) in [5, 5.41) is 5.47. The first-order valence-corrected chi connectivity index (χ1v) is 7.86. The maximum absolute atomic E-state index is 12.3. The molecule has 0 saturated carbocycles. The van der Waals surface area contributed by atoms with Crippen molar-refractivity contribution >= 4 is 11.8 Å². The van der Waals surface area contributed by atoms with Crippen LogP contribution in [0.4, 0.5) is 0 Å². The van der Waals surface area contributed by atoms with Crippen LogP contribution in [0.15, 0.2) is 41.0 Å². The molecule has 1 aromatic carbocycles. The van der Waals surface area contributed by atoms with Crippen molar-refractivity contribution in [2.24, 2.45) is 0 Å². The van der Waals surface area contributed by atoms with Crippen molar-refractivity contribution in [1.29, 1.82) is 0 Å². The molecule has 0 spiro atoms. The standard InChI is InChI=1S/C18H20N2O3/c1-12(17(21)19-11-16-6-3-9-23-16)20-18(22)15-8-7-13-4-2-5-14(13)10-15/h3,6-10,12H,2,4-5,11H2,1H3,(H,19,21)(H,20,22)/t12-/m0/s1. The molecule has 2 amide bonds. The fraction of sp³-hybridized carbons (Fsp3) is 0.333. The van der Waals surface area contributed by atoms with Gasteiger partial charge in [0.05, 0.1) is 12.8 Å². The zero-order chi connectivity index (χ0) is 16.2. The van der Waals surface area contributed by atoms with E-state index in [1.54, 1.807) is 25.3 Å². The number of amides is 2. The minimum Gasteiger partial charge on any atom is -0.467 e.